The van der Waals surface area contributed by atoms with Gasteiger partial charge in [-0.25, -0.2) is 0 Å². The maximum absolute atomic E-state index is 12.7. The van der Waals surface area contributed by atoms with E-state index in [0.717, 1.165) is 24.8 Å². The van der Waals surface area contributed by atoms with Gasteiger partial charge in [-0.05, 0) is 48.7 Å². The molecule has 1 unspecified atom stereocenters. The van der Waals surface area contributed by atoms with E-state index in [4.69, 9.17) is 5.11 Å². The van der Waals surface area contributed by atoms with E-state index in [1.54, 1.807) is 0 Å². The van der Waals surface area contributed by atoms with E-state index >= 15 is 0 Å². The molecule has 5 heteroatoms. The predicted molar refractivity (Wildman–Crippen MR) is 97.3 cm³/mol. The van der Waals surface area contributed by atoms with Crippen LogP contribution in [0.15, 0.2) is 42.5 Å². The van der Waals surface area contributed by atoms with Gasteiger partial charge < -0.3 is 10.0 Å². The molecule has 1 atom stereocenters. The number of amides is 1. The van der Waals surface area contributed by atoms with Crippen LogP contribution in [-0.2, 0) is 16.1 Å². The van der Waals surface area contributed by atoms with Crippen LogP contribution in [0.3, 0.4) is 0 Å². The SMILES string of the molecule is CN(Cc1ccc2ccccc2c1)C1CCCCN(CC(=O)O)C1=O. The topological polar surface area (TPSA) is 60.9 Å². The lowest BCUT2D eigenvalue weighted by atomic mass is 10.1. The van der Waals surface area contributed by atoms with Gasteiger partial charge in [0.2, 0.25) is 5.91 Å². The highest BCUT2D eigenvalue weighted by atomic mass is 16.4. The van der Waals surface area contributed by atoms with Gasteiger partial charge in [-0.2, -0.15) is 0 Å². The molecule has 2 aromatic carbocycles. The number of carbonyl (C=O) groups is 2. The van der Waals surface area contributed by atoms with Crippen LogP contribution in [0.1, 0.15) is 24.8 Å². The van der Waals surface area contributed by atoms with Crippen molar-refractivity contribution in [3.8, 4) is 0 Å². The molecule has 1 fully saturated rings. The number of benzene rings is 2. The lowest BCUT2D eigenvalue weighted by Gasteiger charge is -2.29. The minimum Gasteiger partial charge on any atom is -0.480 e. The lowest BCUT2D eigenvalue weighted by Crippen LogP contribution is -2.47. The van der Waals surface area contributed by atoms with Gasteiger partial charge in [0.05, 0.1) is 6.04 Å². The first kappa shape index (κ1) is 17.4. The molecule has 1 saturated heterocycles. The van der Waals surface area contributed by atoms with Gasteiger partial charge in [0.25, 0.3) is 0 Å². The van der Waals surface area contributed by atoms with E-state index in [-0.39, 0.29) is 18.5 Å². The Labute approximate surface area is 147 Å². The summed E-state index contributed by atoms with van der Waals surface area (Å²) in [5.74, 6) is -1.02. The molecule has 25 heavy (non-hydrogen) atoms. The monoisotopic (exact) mass is 340 g/mol. The number of carboxylic acids is 1. The van der Waals surface area contributed by atoms with Gasteiger partial charge in [0.1, 0.15) is 6.54 Å². The summed E-state index contributed by atoms with van der Waals surface area (Å²) in [4.78, 5) is 27.3. The molecule has 1 aliphatic heterocycles. The first-order chi connectivity index (χ1) is 12.0. The number of likely N-dealkylation sites (N-methyl/N-ethyl adjacent to an activating group) is 1. The first-order valence-corrected chi connectivity index (χ1v) is 8.73. The summed E-state index contributed by atoms with van der Waals surface area (Å²) in [6, 6.07) is 14.3. The second-order valence-electron chi connectivity index (χ2n) is 6.76. The fraction of sp³-hybridized carbons (Fsp3) is 0.400. The third kappa shape index (κ3) is 4.17. The number of fused-ring (bicyclic) bond motifs is 1. The predicted octanol–water partition coefficient (Wildman–Crippen LogP) is 2.74. The van der Waals surface area contributed by atoms with E-state index in [2.05, 4.69) is 30.3 Å². The van der Waals surface area contributed by atoms with E-state index in [9.17, 15) is 9.59 Å². The number of nitrogens with zero attached hydrogens (tertiary/aromatic N) is 2. The molecule has 0 aromatic heterocycles. The summed E-state index contributed by atoms with van der Waals surface area (Å²) >= 11 is 0. The summed E-state index contributed by atoms with van der Waals surface area (Å²) in [6.07, 6.45) is 2.58. The van der Waals surface area contributed by atoms with Crippen molar-refractivity contribution in [2.75, 3.05) is 20.1 Å². The van der Waals surface area contributed by atoms with Gasteiger partial charge >= 0.3 is 5.97 Å². The Bertz CT molecular complexity index is 774. The molecule has 2 aromatic rings. The fourth-order valence-electron chi connectivity index (χ4n) is 3.55. The normalized spacial score (nSPS) is 18.6. The number of rotatable bonds is 5. The van der Waals surface area contributed by atoms with Gasteiger partial charge in [-0.15, -0.1) is 0 Å². The Hall–Kier alpha value is -2.40. The zero-order valence-electron chi connectivity index (χ0n) is 14.5. The number of aliphatic carboxylic acids is 1. The molecule has 1 aliphatic rings. The van der Waals surface area contributed by atoms with Gasteiger partial charge in [0, 0.05) is 13.1 Å². The molecule has 132 valence electrons. The van der Waals surface area contributed by atoms with Crippen LogP contribution in [-0.4, -0.2) is 53.0 Å². The number of carbonyl (C=O) groups excluding carboxylic acids is 1. The van der Waals surface area contributed by atoms with Crippen molar-refractivity contribution in [2.24, 2.45) is 0 Å². The third-order valence-electron chi connectivity index (χ3n) is 4.86. The van der Waals surface area contributed by atoms with Gasteiger partial charge in [-0.3, -0.25) is 14.5 Å². The summed E-state index contributed by atoms with van der Waals surface area (Å²) in [7, 11) is 1.95. The molecule has 1 amide bonds. The molecule has 3 rings (SSSR count). The van der Waals surface area contributed by atoms with Gasteiger partial charge in [0.15, 0.2) is 0 Å². The standard InChI is InChI=1S/C20H24N2O3/c1-21(13-15-9-10-16-6-2-3-7-17(16)12-15)18-8-4-5-11-22(20(18)25)14-19(23)24/h2-3,6-7,9-10,12,18H,4-5,8,11,13-14H2,1H3,(H,23,24). The van der Waals surface area contributed by atoms with Crippen molar-refractivity contribution in [1.29, 1.82) is 0 Å². The van der Waals surface area contributed by atoms with E-state index in [0.29, 0.717) is 13.1 Å². The Morgan fingerprint density at radius 2 is 1.96 bits per heavy atom. The molecular weight excluding hydrogens is 316 g/mol. The Morgan fingerprint density at radius 1 is 1.20 bits per heavy atom. The molecule has 0 bridgehead atoms. The zero-order valence-corrected chi connectivity index (χ0v) is 14.5. The van der Waals surface area contributed by atoms with Crippen LogP contribution in [0, 0.1) is 0 Å². The number of carboxylic acid groups (broad SMARTS) is 1. The largest absolute Gasteiger partial charge is 0.480 e. The highest BCUT2D eigenvalue weighted by Gasteiger charge is 2.30. The molecular formula is C20H24N2O3. The van der Waals surface area contributed by atoms with Crippen molar-refractivity contribution in [3.63, 3.8) is 0 Å². The average Bonchev–Trinajstić information content (AvgIpc) is 2.76. The van der Waals surface area contributed by atoms with E-state index < -0.39 is 5.97 Å². The van der Waals surface area contributed by atoms with E-state index in [1.807, 2.05) is 24.1 Å². The highest BCUT2D eigenvalue weighted by molar-refractivity contribution is 5.86. The maximum atomic E-state index is 12.7. The van der Waals surface area contributed by atoms with Crippen LogP contribution in [0.2, 0.25) is 0 Å². The second kappa shape index (κ2) is 7.66. The van der Waals surface area contributed by atoms with E-state index in [1.165, 1.54) is 15.7 Å². The quantitative estimate of drug-likeness (QED) is 0.909. The van der Waals surface area contributed by atoms with Crippen molar-refractivity contribution in [1.82, 2.24) is 9.80 Å². The Kier molecular flexibility index (Phi) is 5.34. The van der Waals surface area contributed by atoms with Crippen LogP contribution >= 0.6 is 0 Å². The highest BCUT2D eigenvalue weighted by Crippen LogP contribution is 2.20. The Morgan fingerprint density at radius 3 is 2.72 bits per heavy atom. The molecule has 0 saturated carbocycles. The molecule has 1 heterocycles. The second-order valence-corrected chi connectivity index (χ2v) is 6.76. The van der Waals surface area contributed by atoms with Gasteiger partial charge in [-0.1, -0.05) is 36.4 Å². The molecule has 0 radical (unpaired) electrons. The summed E-state index contributed by atoms with van der Waals surface area (Å²) in [5, 5.41) is 11.4. The number of hydrogen-bond donors (Lipinski definition) is 1. The third-order valence-corrected chi connectivity index (χ3v) is 4.86. The number of hydrogen-bond acceptors (Lipinski definition) is 3. The maximum Gasteiger partial charge on any atom is 0.323 e. The number of likely N-dealkylation sites (tertiary alicyclic amines) is 1. The van der Waals surface area contributed by atoms with Crippen LogP contribution < -0.4 is 0 Å². The Balaban J connectivity index is 1.74. The summed E-state index contributed by atoms with van der Waals surface area (Å²) < 4.78 is 0. The molecule has 5 nitrogen and oxygen atoms in total. The fourth-order valence-corrected chi connectivity index (χ4v) is 3.55. The molecule has 0 spiro atoms. The smallest absolute Gasteiger partial charge is 0.323 e. The molecule has 1 N–H and O–H groups in total. The minimum atomic E-state index is -0.953. The van der Waals surface area contributed by atoms with Crippen molar-refractivity contribution in [3.05, 3.63) is 48.0 Å². The average molecular weight is 340 g/mol. The van der Waals surface area contributed by atoms with Crippen LogP contribution in [0.25, 0.3) is 10.8 Å². The van der Waals surface area contributed by atoms with Crippen LogP contribution in [0.4, 0.5) is 0 Å². The minimum absolute atomic E-state index is 0.0665. The molecule has 0 aliphatic carbocycles. The van der Waals surface area contributed by atoms with Crippen molar-refractivity contribution in [2.45, 2.75) is 31.8 Å². The zero-order chi connectivity index (χ0) is 17.8. The summed E-state index contributed by atoms with van der Waals surface area (Å²) in [5.41, 5.74) is 1.16. The lowest BCUT2D eigenvalue weighted by molar-refractivity contribution is -0.146. The van der Waals surface area contributed by atoms with Crippen LogP contribution in [0.5, 0.6) is 0 Å². The van der Waals surface area contributed by atoms with Crippen molar-refractivity contribution < 1.29 is 14.7 Å². The summed E-state index contributed by atoms with van der Waals surface area (Å²) in [6.45, 7) is 0.993. The first-order valence-electron chi connectivity index (χ1n) is 8.73. The van der Waals surface area contributed by atoms with Crippen molar-refractivity contribution >= 4 is 22.6 Å².